The van der Waals surface area contributed by atoms with E-state index in [1.54, 1.807) is 20.1 Å². The molecule has 5 nitrogen and oxygen atoms in total. The third-order valence-electron chi connectivity index (χ3n) is 4.63. The van der Waals surface area contributed by atoms with Crippen molar-refractivity contribution in [1.29, 1.82) is 0 Å². The topological polar surface area (TPSA) is 60.7 Å². The molecular formula is C23H21NO4. The lowest BCUT2D eigenvalue weighted by Crippen LogP contribution is -2.30. The Bertz CT molecular complexity index is 1160. The molecule has 1 amide bonds. The Morgan fingerprint density at radius 3 is 2.61 bits per heavy atom. The van der Waals surface area contributed by atoms with Crippen LogP contribution in [0.5, 0.6) is 11.5 Å². The Hall–Kier alpha value is -3.47. The van der Waals surface area contributed by atoms with Crippen LogP contribution < -0.4 is 14.8 Å². The summed E-state index contributed by atoms with van der Waals surface area (Å²) < 4.78 is 17.2. The zero-order valence-corrected chi connectivity index (χ0v) is 16.0. The van der Waals surface area contributed by atoms with Crippen molar-refractivity contribution in [1.82, 2.24) is 0 Å². The molecule has 0 saturated heterocycles. The zero-order chi connectivity index (χ0) is 19.7. The molecule has 0 bridgehead atoms. The van der Waals surface area contributed by atoms with Gasteiger partial charge in [-0.1, -0.05) is 30.3 Å². The number of hydrogen-bond acceptors (Lipinski definition) is 4. The first-order chi connectivity index (χ1) is 13.5. The van der Waals surface area contributed by atoms with Gasteiger partial charge in [0.1, 0.15) is 22.7 Å². The van der Waals surface area contributed by atoms with E-state index in [0.717, 1.165) is 21.9 Å². The Morgan fingerprint density at radius 1 is 1.00 bits per heavy atom. The van der Waals surface area contributed by atoms with E-state index in [-0.39, 0.29) is 5.91 Å². The molecule has 0 aliphatic heterocycles. The SMILES string of the molecule is COc1cc2c(cc1NC(=O)[C@H](C)Oc1cccc(C)c1)oc1ccccc12. The maximum absolute atomic E-state index is 12.7. The number of para-hydroxylation sites is 1. The van der Waals surface area contributed by atoms with Crippen molar-refractivity contribution < 1.29 is 18.7 Å². The molecule has 0 spiro atoms. The van der Waals surface area contributed by atoms with Crippen molar-refractivity contribution in [2.75, 3.05) is 12.4 Å². The average Bonchev–Trinajstić information content (AvgIpc) is 3.04. The predicted molar refractivity (Wildman–Crippen MR) is 110 cm³/mol. The van der Waals surface area contributed by atoms with Gasteiger partial charge in [-0.15, -0.1) is 0 Å². The number of benzene rings is 3. The molecule has 4 aromatic rings. The Kier molecular flexibility index (Phi) is 4.65. The number of hydrogen-bond donors (Lipinski definition) is 1. The summed E-state index contributed by atoms with van der Waals surface area (Å²) in [6.45, 7) is 3.69. The fraction of sp³-hybridized carbons (Fsp3) is 0.174. The fourth-order valence-corrected chi connectivity index (χ4v) is 3.20. The van der Waals surface area contributed by atoms with Crippen molar-refractivity contribution >= 4 is 33.5 Å². The number of furan rings is 1. The Labute approximate surface area is 162 Å². The van der Waals surface area contributed by atoms with Crippen LogP contribution in [0.15, 0.2) is 65.1 Å². The van der Waals surface area contributed by atoms with Crippen LogP contribution in [0.1, 0.15) is 12.5 Å². The highest BCUT2D eigenvalue weighted by Gasteiger charge is 2.19. The summed E-state index contributed by atoms with van der Waals surface area (Å²) in [5, 5.41) is 4.83. The van der Waals surface area contributed by atoms with Crippen molar-refractivity contribution in [3.05, 3.63) is 66.2 Å². The second kappa shape index (κ2) is 7.27. The average molecular weight is 375 g/mol. The number of carbonyl (C=O) groups excluding carboxylic acids is 1. The van der Waals surface area contributed by atoms with E-state index in [1.807, 2.05) is 61.5 Å². The number of amides is 1. The second-order valence-electron chi connectivity index (χ2n) is 6.71. The molecule has 0 fully saturated rings. The molecular weight excluding hydrogens is 354 g/mol. The first kappa shape index (κ1) is 17.9. The van der Waals surface area contributed by atoms with Gasteiger partial charge in [-0.25, -0.2) is 0 Å². The molecule has 0 radical (unpaired) electrons. The van der Waals surface area contributed by atoms with Gasteiger partial charge in [0.15, 0.2) is 6.10 Å². The molecule has 4 rings (SSSR count). The number of aryl methyl sites for hydroxylation is 1. The quantitative estimate of drug-likeness (QED) is 0.514. The van der Waals surface area contributed by atoms with Gasteiger partial charge < -0.3 is 19.2 Å². The predicted octanol–water partition coefficient (Wildman–Crippen LogP) is 5.31. The summed E-state index contributed by atoms with van der Waals surface area (Å²) in [5.41, 5.74) is 3.09. The molecule has 1 atom stereocenters. The van der Waals surface area contributed by atoms with E-state index in [9.17, 15) is 4.79 Å². The zero-order valence-electron chi connectivity index (χ0n) is 16.0. The van der Waals surface area contributed by atoms with Crippen LogP contribution in [0.3, 0.4) is 0 Å². The Balaban J connectivity index is 1.61. The molecule has 0 saturated carbocycles. The molecule has 0 aliphatic rings. The first-order valence-electron chi connectivity index (χ1n) is 9.08. The number of methoxy groups -OCH3 is 1. The van der Waals surface area contributed by atoms with Crippen LogP contribution in [0, 0.1) is 6.92 Å². The van der Waals surface area contributed by atoms with Gasteiger partial charge in [0.25, 0.3) is 5.91 Å². The van der Waals surface area contributed by atoms with Gasteiger partial charge in [0.05, 0.1) is 12.8 Å². The molecule has 0 aliphatic carbocycles. The number of nitrogens with one attached hydrogen (secondary N) is 1. The highest BCUT2D eigenvalue weighted by Crippen LogP contribution is 2.36. The van der Waals surface area contributed by atoms with E-state index in [2.05, 4.69) is 5.32 Å². The summed E-state index contributed by atoms with van der Waals surface area (Å²) in [4.78, 5) is 12.7. The number of carbonyl (C=O) groups is 1. The van der Waals surface area contributed by atoms with E-state index in [4.69, 9.17) is 13.9 Å². The molecule has 1 aromatic heterocycles. The largest absolute Gasteiger partial charge is 0.495 e. The molecule has 1 heterocycles. The summed E-state index contributed by atoms with van der Waals surface area (Å²) in [5.74, 6) is 0.952. The van der Waals surface area contributed by atoms with Crippen LogP contribution in [0.25, 0.3) is 21.9 Å². The van der Waals surface area contributed by atoms with Gasteiger partial charge in [0.2, 0.25) is 0 Å². The maximum atomic E-state index is 12.7. The summed E-state index contributed by atoms with van der Waals surface area (Å²) in [6, 6.07) is 19.1. The summed E-state index contributed by atoms with van der Waals surface area (Å²) in [7, 11) is 1.58. The van der Waals surface area contributed by atoms with Crippen molar-refractivity contribution in [2.45, 2.75) is 20.0 Å². The second-order valence-corrected chi connectivity index (χ2v) is 6.71. The summed E-state index contributed by atoms with van der Waals surface area (Å²) >= 11 is 0. The fourth-order valence-electron chi connectivity index (χ4n) is 3.20. The van der Waals surface area contributed by atoms with Gasteiger partial charge in [0, 0.05) is 16.8 Å². The molecule has 1 N–H and O–H groups in total. The van der Waals surface area contributed by atoms with Crippen LogP contribution >= 0.6 is 0 Å². The lowest BCUT2D eigenvalue weighted by Gasteiger charge is -2.16. The lowest BCUT2D eigenvalue weighted by molar-refractivity contribution is -0.122. The number of ether oxygens (including phenoxy) is 2. The van der Waals surface area contributed by atoms with E-state index >= 15 is 0 Å². The molecule has 28 heavy (non-hydrogen) atoms. The first-order valence-corrected chi connectivity index (χ1v) is 9.08. The van der Waals surface area contributed by atoms with Crippen molar-refractivity contribution in [2.24, 2.45) is 0 Å². The van der Waals surface area contributed by atoms with Gasteiger partial charge in [-0.3, -0.25) is 4.79 Å². The smallest absolute Gasteiger partial charge is 0.265 e. The van der Waals surface area contributed by atoms with Gasteiger partial charge in [-0.2, -0.15) is 0 Å². The molecule has 0 unspecified atom stereocenters. The van der Waals surface area contributed by atoms with Crippen molar-refractivity contribution in [3.63, 3.8) is 0 Å². The minimum absolute atomic E-state index is 0.268. The third-order valence-corrected chi connectivity index (χ3v) is 4.63. The maximum Gasteiger partial charge on any atom is 0.265 e. The van der Waals surface area contributed by atoms with Crippen LogP contribution in [-0.2, 0) is 4.79 Å². The van der Waals surface area contributed by atoms with Gasteiger partial charge >= 0.3 is 0 Å². The van der Waals surface area contributed by atoms with E-state index < -0.39 is 6.10 Å². The van der Waals surface area contributed by atoms with Crippen LogP contribution in [0.2, 0.25) is 0 Å². The lowest BCUT2D eigenvalue weighted by atomic mass is 10.1. The standard InChI is InChI=1S/C23H21NO4/c1-14-7-6-8-16(11-14)27-15(2)23(25)24-19-13-21-18(12-22(19)26-3)17-9-4-5-10-20(17)28-21/h4-13,15H,1-3H3,(H,24,25)/t15-/m0/s1. The van der Waals surface area contributed by atoms with Crippen LogP contribution in [0.4, 0.5) is 5.69 Å². The minimum Gasteiger partial charge on any atom is -0.495 e. The molecule has 5 heteroatoms. The van der Waals surface area contributed by atoms with E-state index in [1.165, 1.54) is 0 Å². The molecule has 3 aromatic carbocycles. The summed E-state index contributed by atoms with van der Waals surface area (Å²) in [6.07, 6.45) is -0.669. The van der Waals surface area contributed by atoms with Crippen LogP contribution in [-0.4, -0.2) is 19.1 Å². The molecule has 142 valence electrons. The number of fused-ring (bicyclic) bond motifs is 3. The Morgan fingerprint density at radius 2 is 1.82 bits per heavy atom. The van der Waals surface area contributed by atoms with E-state index in [0.29, 0.717) is 22.8 Å². The highest BCUT2D eigenvalue weighted by atomic mass is 16.5. The number of anilines is 1. The normalized spacial score (nSPS) is 12.1. The van der Waals surface area contributed by atoms with Gasteiger partial charge in [-0.05, 0) is 43.7 Å². The van der Waals surface area contributed by atoms with Crippen molar-refractivity contribution in [3.8, 4) is 11.5 Å². The minimum atomic E-state index is -0.669. The number of rotatable bonds is 5. The highest BCUT2D eigenvalue weighted by molar-refractivity contribution is 6.08. The monoisotopic (exact) mass is 375 g/mol. The third kappa shape index (κ3) is 3.39.